The van der Waals surface area contributed by atoms with E-state index in [1.54, 1.807) is 30.3 Å². The van der Waals surface area contributed by atoms with Gasteiger partial charge in [0.1, 0.15) is 21.9 Å². The largest absolute Gasteiger partial charge is 0.497 e. The summed E-state index contributed by atoms with van der Waals surface area (Å²) < 4.78 is 38.4. The SMILES string of the molecule is COc1ccc(OC)c(S(=O)(=O)NC2(C(=O)O)CC2c2ccccc2)c1. The summed E-state index contributed by atoms with van der Waals surface area (Å²) in [5.41, 5.74) is -0.802. The highest BCUT2D eigenvalue weighted by Gasteiger charge is 2.63. The predicted molar refractivity (Wildman–Crippen MR) is 94.0 cm³/mol. The Morgan fingerprint density at radius 2 is 1.85 bits per heavy atom. The Morgan fingerprint density at radius 3 is 2.42 bits per heavy atom. The molecule has 0 spiro atoms. The Labute approximate surface area is 151 Å². The lowest BCUT2D eigenvalue weighted by Gasteiger charge is -2.17. The van der Waals surface area contributed by atoms with Gasteiger partial charge in [0, 0.05) is 12.0 Å². The first-order chi connectivity index (χ1) is 12.3. The maximum Gasteiger partial charge on any atom is 0.325 e. The van der Waals surface area contributed by atoms with E-state index >= 15 is 0 Å². The van der Waals surface area contributed by atoms with Crippen molar-refractivity contribution < 1.29 is 27.8 Å². The number of benzene rings is 2. The van der Waals surface area contributed by atoms with Crippen molar-refractivity contribution in [3.8, 4) is 11.5 Å². The predicted octanol–water partition coefficient (Wildman–Crippen LogP) is 1.99. The first-order valence-electron chi connectivity index (χ1n) is 7.88. The van der Waals surface area contributed by atoms with E-state index in [0.717, 1.165) is 5.56 Å². The van der Waals surface area contributed by atoms with Gasteiger partial charge in [-0.15, -0.1) is 0 Å². The number of carbonyl (C=O) groups is 1. The molecule has 1 fully saturated rings. The Balaban J connectivity index is 1.97. The van der Waals surface area contributed by atoms with E-state index in [0.29, 0.717) is 5.75 Å². The molecule has 1 aliphatic carbocycles. The maximum absolute atomic E-state index is 12.9. The fourth-order valence-electron chi connectivity index (χ4n) is 3.03. The minimum Gasteiger partial charge on any atom is -0.497 e. The van der Waals surface area contributed by atoms with Gasteiger partial charge in [0.15, 0.2) is 0 Å². The smallest absolute Gasteiger partial charge is 0.325 e. The molecule has 1 saturated carbocycles. The van der Waals surface area contributed by atoms with Crippen molar-refractivity contribution >= 4 is 16.0 Å². The lowest BCUT2D eigenvalue weighted by Crippen LogP contribution is -2.44. The van der Waals surface area contributed by atoms with Crippen LogP contribution in [-0.2, 0) is 14.8 Å². The van der Waals surface area contributed by atoms with Gasteiger partial charge in [-0.1, -0.05) is 30.3 Å². The summed E-state index contributed by atoms with van der Waals surface area (Å²) in [6, 6.07) is 13.3. The molecule has 8 heteroatoms. The van der Waals surface area contributed by atoms with Gasteiger partial charge in [-0.2, -0.15) is 4.72 Å². The van der Waals surface area contributed by atoms with E-state index in [2.05, 4.69) is 4.72 Å². The van der Waals surface area contributed by atoms with Crippen molar-refractivity contribution in [3.05, 3.63) is 54.1 Å². The molecule has 2 N–H and O–H groups in total. The van der Waals surface area contributed by atoms with Gasteiger partial charge in [0.25, 0.3) is 0 Å². The fraction of sp³-hybridized carbons (Fsp3) is 0.278. The van der Waals surface area contributed by atoms with Crippen LogP contribution in [0.3, 0.4) is 0 Å². The summed E-state index contributed by atoms with van der Waals surface area (Å²) in [5, 5.41) is 9.69. The van der Waals surface area contributed by atoms with Crippen LogP contribution in [0.4, 0.5) is 0 Å². The van der Waals surface area contributed by atoms with Crippen LogP contribution in [0.1, 0.15) is 17.9 Å². The monoisotopic (exact) mass is 377 g/mol. The van der Waals surface area contributed by atoms with E-state index in [4.69, 9.17) is 9.47 Å². The molecule has 0 aromatic heterocycles. The van der Waals surface area contributed by atoms with Gasteiger partial charge in [-0.25, -0.2) is 8.42 Å². The Kier molecular flexibility index (Phi) is 4.64. The van der Waals surface area contributed by atoms with Gasteiger partial charge in [-0.3, -0.25) is 4.79 Å². The molecule has 0 aliphatic heterocycles. The van der Waals surface area contributed by atoms with Crippen LogP contribution in [-0.4, -0.2) is 39.3 Å². The van der Waals surface area contributed by atoms with Crippen molar-refractivity contribution in [2.75, 3.05) is 14.2 Å². The van der Waals surface area contributed by atoms with Gasteiger partial charge < -0.3 is 14.6 Å². The fourth-order valence-corrected chi connectivity index (χ4v) is 4.62. The van der Waals surface area contributed by atoms with Crippen LogP contribution in [0, 0.1) is 0 Å². The second kappa shape index (κ2) is 6.62. The molecule has 138 valence electrons. The van der Waals surface area contributed by atoms with Crippen LogP contribution < -0.4 is 14.2 Å². The molecule has 2 aromatic rings. The third kappa shape index (κ3) is 3.13. The van der Waals surface area contributed by atoms with E-state index < -0.39 is 27.4 Å². The molecule has 0 bridgehead atoms. The van der Waals surface area contributed by atoms with Gasteiger partial charge >= 0.3 is 5.97 Å². The highest BCUT2D eigenvalue weighted by molar-refractivity contribution is 7.89. The molecule has 7 nitrogen and oxygen atoms in total. The molecule has 1 aliphatic rings. The minimum atomic E-state index is -4.15. The molecule has 2 unspecified atom stereocenters. The molecule has 0 radical (unpaired) electrons. The van der Waals surface area contributed by atoms with Gasteiger partial charge in [-0.05, 0) is 24.1 Å². The molecular weight excluding hydrogens is 358 g/mol. The van der Waals surface area contributed by atoms with E-state index in [9.17, 15) is 18.3 Å². The van der Waals surface area contributed by atoms with Gasteiger partial charge in [0.05, 0.1) is 14.2 Å². The average Bonchev–Trinajstić information content (AvgIpc) is 3.36. The van der Waals surface area contributed by atoms with Crippen molar-refractivity contribution in [1.29, 1.82) is 0 Å². The zero-order valence-corrected chi connectivity index (χ0v) is 15.1. The quantitative estimate of drug-likeness (QED) is 0.765. The lowest BCUT2D eigenvalue weighted by atomic mass is 10.1. The first-order valence-corrected chi connectivity index (χ1v) is 9.37. The third-order valence-corrected chi connectivity index (χ3v) is 6.05. The summed E-state index contributed by atoms with van der Waals surface area (Å²) in [4.78, 5) is 11.7. The van der Waals surface area contributed by atoms with Crippen LogP contribution >= 0.6 is 0 Å². The number of hydrogen-bond donors (Lipinski definition) is 2. The van der Waals surface area contributed by atoms with Crippen LogP contribution in [0.25, 0.3) is 0 Å². The summed E-state index contributed by atoms with van der Waals surface area (Å²) in [6.45, 7) is 0. The van der Waals surface area contributed by atoms with Crippen LogP contribution in [0.2, 0.25) is 0 Å². The highest BCUT2D eigenvalue weighted by atomic mass is 32.2. The van der Waals surface area contributed by atoms with Gasteiger partial charge in [0.2, 0.25) is 10.0 Å². The third-order valence-electron chi connectivity index (χ3n) is 4.52. The average molecular weight is 377 g/mol. The molecule has 0 heterocycles. The highest BCUT2D eigenvalue weighted by Crippen LogP contribution is 2.52. The molecular formula is C18H19NO6S. The topological polar surface area (TPSA) is 102 Å². The number of methoxy groups -OCH3 is 2. The van der Waals surface area contributed by atoms with Crippen molar-refractivity contribution in [2.45, 2.75) is 22.8 Å². The number of aliphatic carboxylic acids is 1. The zero-order chi connectivity index (χ0) is 18.9. The molecule has 0 amide bonds. The zero-order valence-electron chi connectivity index (χ0n) is 14.3. The molecule has 0 saturated heterocycles. The Morgan fingerprint density at radius 1 is 1.15 bits per heavy atom. The van der Waals surface area contributed by atoms with Crippen molar-refractivity contribution in [1.82, 2.24) is 4.72 Å². The van der Waals surface area contributed by atoms with Crippen molar-refractivity contribution in [2.24, 2.45) is 0 Å². The Bertz CT molecular complexity index is 928. The number of carboxylic acids is 1. The first kappa shape index (κ1) is 18.2. The Hall–Kier alpha value is -2.58. The van der Waals surface area contributed by atoms with Crippen LogP contribution in [0.15, 0.2) is 53.4 Å². The van der Waals surface area contributed by atoms with E-state index in [-0.39, 0.29) is 17.1 Å². The number of ether oxygens (including phenoxy) is 2. The number of nitrogens with one attached hydrogen (secondary N) is 1. The number of hydrogen-bond acceptors (Lipinski definition) is 5. The van der Waals surface area contributed by atoms with E-state index in [1.807, 2.05) is 6.07 Å². The summed E-state index contributed by atoms with van der Waals surface area (Å²) >= 11 is 0. The maximum atomic E-state index is 12.9. The number of sulfonamides is 1. The number of rotatable bonds is 7. The van der Waals surface area contributed by atoms with Crippen molar-refractivity contribution in [3.63, 3.8) is 0 Å². The summed E-state index contributed by atoms with van der Waals surface area (Å²) in [7, 11) is -1.39. The normalized spacial score (nSPS) is 21.8. The minimum absolute atomic E-state index is 0.107. The molecule has 2 atom stereocenters. The summed E-state index contributed by atoms with van der Waals surface area (Å²) in [5.74, 6) is -1.22. The molecule has 2 aromatic carbocycles. The standard InChI is InChI=1S/C18H19NO6S/c1-24-13-8-9-15(25-2)16(10-13)26(22,23)19-18(17(20)21)11-14(18)12-6-4-3-5-7-12/h3-10,14,19H,11H2,1-2H3,(H,20,21). The number of carboxylic acid groups (broad SMARTS) is 1. The molecule has 26 heavy (non-hydrogen) atoms. The van der Waals surface area contributed by atoms with Crippen LogP contribution in [0.5, 0.6) is 11.5 Å². The lowest BCUT2D eigenvalue weighted by molar-refractivity contribution is -0.140. The second-order valence-electron chi connectivity index (χ2n) is 6.07. The molecule has 3 rings (SSSR count). The van der Waals surface area contributed by atoms with E-state index in [1.165, 1.54) is 26.4 Å². The summed E-state index contributed by atoms with van der Waals surface area (Å²) in [6.07, 6.45) is 0.178. The second-order valence-corrected chi connectivity index (χ2v) is 7.72.